The largest absolute Gasteiger partial charge is 0.397 e. The summed E-state index contributed by atoms with van der Waals surface area (Å²) in [5, 5.41) is 2.89. The molecule has 0 saturated carbocycles. The molecule has 2 N–H and O–H groups in total. The lowest BCUT2D eigenvalue weighted by molar-refractivity contribution is 0.0997. The molecule has 0 atom stereocenters. The molecule has 0 radical (unpaired) electrons. The predicted octanol–water partition coefficient (Wildman–Crippen LogP) is 5.34. The lowest BCUT2D eigenvalue weighted by Crippen LogP contribution is -2.04. The molecule has 124 valence electrons. The van der Waals surface area contributed by atoms with E-state index < -0.39 is 0 Å². The Morgan fingerprint density at radius 3 is 2.80 bits per heavy atom. The van der Waals surface area contributed by atoms with Crippen LogP contribution in [0, 0.1) is 6.92 Å². The Kier molecular flexibility index (Phi) is 4.11. The van der Waals surface area contributed by atoms with Gasteiger partial charge in [-0.15, -0.1) is 22.7 Å². The first kappa shape index (κ1) is 16.0. The van der Waals surface area contributed by atoms with Gasteiger partial charge in [-0.25, -0.2) is 4.98 Å². The maximum absolute atomic E-state index is 12.7. The molecule has 5 heteroatoms. The number of nitrogen functional groups attached to an aromatic ring is 1. The van der Waals surface area contributed by atoms with Crippen molar-refractivity contribution in [1.29, 1.82) is 0 Å². The second-order valence-electron chi connectivity index (χ2n) is 5.96. The lowest BCUT2D eigenvalue weighted by atomic mass is 10.0. The van der Waals surface area contributed by atoms with Gasteiger partial charge in [0.15, 0.2) is 5.78 Å². The normalized spacial score (nSPS) is 11.1. The number of carbonyl (C=O) groups is 1. The molecule has 25 heavy (non-hydrogen) atoms. The van der Waals surface area contributed by atoms with Crippen LogP contribution in [0.2, 0.25) is 0 Å². The highest BCUT2D eigenvalue weighted by atomic mass is 32.1. The molecule has 4 aromatic rings. The summed E-state index contributed by atoms with van der Waals surface area (Å²) in [6, 6.07) is 16.0. The number of benzene rings is 1. The Hall–Kier alpha value is -2.50. The smallest absolute Gasteiger partial charge is 0.179 e. The van der Waals surface area contributed by atoms with E-state index in [1.165, 1.54) is 11.3 Å². The zero-order valence-electron chi connectivity index (χ0n) is 13.7. The van der Waals surface area contributed by atoms with Crippen molar-refractivity contribution in [2.24, 2.45) is 0 Å². The van der Waals surface area contributed by atoms with Crippen molar-refractivity contribution in [2.45, 2.75) is 13.3 Å². The number of nitrogens with zero attached hydrogens (tertiary/aromatic N) is 1. The number of hydrogen-bond acceptors (Lipinski definition) is 5. The van der Waals surface area contributed by atoms with E-state index in [0.717, 1.165) is 31.9 Å². The molecule has 0 saturated heterocycles. The molecular formula is C20H16N2OS2. The molecule has 1 aromatic carbocycles. The third-order valence-electron chi connectivity index (χ3n) is 4.07. The average Bonchev–Trinajstić information content (AvgIpc) is 3.23. The van der Waals surface area contributed by atoms with Crippen molar-refractivity contribution >= 4 is 44.4 Å². The van der Waals surface area contributed by atoms with Crippen LogP contribution in [0.1, 0.15) is 20.8 Å². The molecule has 0 aliphatic rings. The standard InChI is InChI=1S/C20H16N2OS2/c1-12-4-2-5-13(10-12)11-16(23)19-18(21)14-7-8-15(22-20(14)25-19)17-6-3-9-24-17/h2-10H,11,21H2,1H3. The van der Waals surface area contributed by atoms with Crippen molar-refractivity contribution in [3.63, 3.8) is 0 Å². The zero-order chi connectivity index (χ0) is 17.4. The van der Waals surface area contributed by atoms with Crippen molar-refractivity contribution in [2.75, 3.05) is 5.73 Å². The molecule has 0 aliphatic heterocycles. The third kappa shape index (κ3) is 3.08. The van der Waals surface area contributed by atoms with Gasteiger partial charge in [0, 0.05) is 11.8 Å². The number of nitrogens with two attached hydrogens (primary N) is 1. The van der Waals surface area contributed by atoms with Gasteiger partial charge in [-0.2, -0.15) is 0 Å². The Morgan fingerprint density at radius 2 is 2.04 bits per heavy atom. The molecule has 3 heterocycles. The van der Waals surface area contributed by atoms with Gasteiger partial charge in [-0.3, -0.25) is 4.79 Å². The molecule has 0 fully saturated rings. The lowest BCUT2D eigenvalue weighted by Gasteiger charge is -2.02. The summed E-state index contributed by atoms with van der Waals surface area (Å²) in [4.78, 5) is 20.0. The number of anilines is 1. The van der Waals surface area contributed by atoms with Crippen LogP contribution in [0.5, 0.6) is 0 Å². The van der Waals surface area contributed by atoms with Crippen LogP contribution in [0.4, 0.5) is 5.69 Å². The number of aryl methyl sites for hydroxylation is 1. The topological polar surface area (TPSA) is 56.0 Å². The van der Waals surface area contributed by atoms with E-state index in [1.807, 2.05) is 60.8 Å². The van der Waals surface area contributed by atoms with Crippen LogP contribution in [-0.4, -0.2) is 10.8 Å². The fourth-order valence-electron chi connectivity index (χ4n) is 2.85. The van der Waals surface area contributed by atoms with Gasteiger partial charge < -0.3 is 5.73 Å². The highest BCUT2D eigenvalue weighted by Crippen LogP contribution is 2.35. The molecule has 0 amide bonds. The van der Waals surface area contributed by atoms with Crippen molar-refractivity contribution < 1.29 is 4.79 Å². The van der Waals surface area contributed by atoms with Crippen molar-refractivity contribution in [1.82, 2.24) is 4.98 Å². The Labute approximate surface area is 153 Å². The van der Waals surface area contributed by atoms with Crippen LogP contribution in [0.3, 0.4) is 0 Å². The number of fused-ring (bicyclic) bond motifs is 1. The first-order chi connectivity index (χ1) is 12.1. The minimum atomic E-state index is 0.0452. The molecule has 0 spiro atoms. The van der Waals surface area contributed by atoms with E-state index in [1.54, 1.807) is 11.3 Å². The number of pyridine rings is 1. The Balaban J connectivity index is 1.70. The summed E-state index contributed by atoms with van der Waals surface area (Å²) in [6.45, 7) is 2.03. The maximum atomic E-state index is 12.7. The Morgan fingerprint density at radius 1 is 1.16 bits per heavy atom. The molecule has 3 aromatic heterocycles. The highest BCUT2D eigenvalue weighted by molar-refractivity contribution is 7.21. The average molecular weight is 364 g/mol. The fourth-order valence-corrected chi connectivity index (χ4v) is 4.58. The van der Waals surface area contributed by atoms with E-state index in [2.05, 4.69) is 0 Å². The Bertz CT molecular complexity index is 1060. The molecule has 0 aliphatic carbocycles. The van der Waals surface area contributed by atoms with Crippen LogP contribution in [0.15, 0.2) is 53.9 Å². The third-order valence-corrected chi connectivity index (χ3v) is 6.12. The van der Waals surface area contributed by atoms with E-state index >= 15 is 0 Å². The molecule has 4 rings (SSSR count). The summed E-state index contributed by atoms with van der Waals surface area (Å²) in [5.41, 5.74) is 9.87. The number of Topliss-reactive ketones (excluding diaryl/α,β-unsaturated/α-hetero) is 1. The van der Waals surface area contributed by atoms with Crippen molar-refractivity contribution in [3.05, 3.63) is 69.9 Å². The van der Waals surface area contributed by atoms with E-state index in [0.29, 0.717) is 17.0 Å². The minimum Gasteiger partial charge on any atom is -0.397 e. The zero-order valence-corrected chi connectivity index (χ0v) is 15.3. The van der Waals surface area contributed by atoms with E-state index in [-0.39, 0.29) is 5.78 Å². The first-order valence-electron chi connectivity index (χ1n) is 7.93. The van der Waals surface area contributed by atoms with Gasteiger partial charge in [0.2, 0.25) is 0 Å². The van der Waals surface area contributed by atoms with Crippen LogP contribution < -0.4 is 5.73 Å². The summed E-state index contributed by atoms with van der Waals surface area (Å²) in [7, 11) is 0. The monoisotopic (exact) mass is 364 g/mol. The number of hydrogen-bond donors (Lipinski definition) is 1. The number of rotatable bonds is 4. The van der Waals surface area contributed by atoms with Gasteiger partial charge in [0.05, 0.1) is 21.1 Å². The van der Waals surface area contributed by atoms with Gasteiger partial charge in [-0.1, -0.05) is 35.9 Å². The fraction of sp³-hybridized carbons (Fsp3) is 0.100. The first-order valence-corrected chi connectivity index (χ1v) is 9.63. The van der Waals surface area contributed by atoms with Gasteiger partial charge >= 0.3 is 0 Å². The molecular weight excluding hydrogens is 348 g/mol. The number of aromatic nitrogens is 1. The van der Waals surface area contributed by atoms with Crippen LogP contribution in [0.25, 0.3) is 20.8 Å². The number of thiophene rings is 2. The number of carbonyl (C=O) groups excluding carboxylic acids is 1. The van der Waals surface area contributed by atoms with Crippen molar-refractivity contribution in [3.8, 4) is 10.6 Å². The molecule has 0 bridgehead atoms. The quantitative estimate of drug-likeness (QED) is 0.497. The van der Waals surface area contributed by atoms with Gasteiger partial charge in [0.25, 0.3) is 0 Å². The van der Waals surface area contributed by atoms with Crippen LogP contribution in [-0.2, 0) is 6.42 Å². The summed E-state index contributed by atoms with van der Waals surface area (Å²) >= 11 is 3.03. The van der Waals surface area contributed by atoms with Gasteiger partial charge in [-0.05, 0) is 36.1 Å². The highest BCUT2D eigenvalue weighted by Gasteiger charge is 2.18. The predicted molar refractivity (Wildman–Crippen MR) is 107 cm³/mol. The minimum absolute atomic E-state index is 0.0452. The number of ketones is 1. The molecule has 3 nitrogen and oxygen atoms in total. The second kappa shape index (κ2) is 6.43. The summed E-state index contributed by atoms with van der Waals surface area (Å²) < 4.78 is 0. The SMILES string of the molecule is Cc1cccc(CC(=O)c2sc3nc(-c4cccs4)ccc3c2N)c1. The van der Waals surface area contributed by atoms with Crippen LogP contribution >= 0.6 is 22.7 Å². The second-order valence-corrected chi connectivity index (χ2v) is 7.91. The maximum Gasteiger partial charge on any atom is 0.179 e. The summed E-state index contributed by atoms with van der Waals surface area (Å²) in [5.74, 6) is 0.0452. The van der Waals surface area contributed by atoms with E-state index in [4.69, 9.17) is 10.7 Å². The summed E-state index contributed by atoms with van der Waals surface area (Å²) in [6.07, 6.45) is 0.358. The molecule has 0 unspecified atom stereocenters. The van der Waals surface area contributed by atoms with E-state index in [9.17, 15) is 4.79 Å². The van der Waals surface area contributed by atoms with Gasteiger partial charge in [0.1, 0.15) is 4.83 Å².